The molecule has 6 nitrogen and oxygen atoms in total. The van der Waals surface area contributed by atoms with E-state index in [4.69, 9.17) is 4.74 Å². The number of rotatable bonds is 1. The van der Waals surface area contributed by atoms with Gasteiger partial charge in [0.05, 0.1) is 19.8 Å². The molecule has 1 saturated heterocycles. The van der Waals surface area contributed by atoms with Gasteiger partial charge in [-0.05, 0) is 0 Å². The van der Waals surface area contributed by atoms with Gasteiger partial charge in [0, 0.05) is 20.8 Å². The minimum Gasteiger partial charge on any atom is -0.459 e. The van der Waals surface area contributed by atoms with Crippen LogP contribution in [0.1, 0.15) is 20.8 Å². The number of hydrogen-bond donors (Lipinski definition) is 0. The van der Waals surface area contributed by atoms with Gasteiger partial charge in [0.1, 0.15) is 6.10 Å². The molecule has 0 aromatic heterocycles. The first-order chi connectivity index (χ1) is 7.40. The summed E-state index contributed by atoms with van der Waals surface area (Å²) in [6, 6.07) is 0. The fraction of sp³-hybridized carbons (Fsp3) is 0.700. The van der Waals surface area contributed by atoms with E-state index in [1.807, 2.05) is 0 Å². The minimum atomic E-state index is -0.431. The third-order valence-electron chi connectivity index (χ3n) is 2.41. The number of esters is 1. The van der Waals surface area contributed by atoms with Gasteiger partial charge in [-0.2, -0.15) is 0 Å². The molecule has 0 atom stereocenters. The van der Waals surface area contributed by atoms with Crippen LogP contribution >= 0.6 is 0 Å². The summed E-state index contributed by atoms with van der Waals surface area (Å²) in [7, 11) is 0. The molecule has 16 heavy (non-hydrogen) atoms. The molecule has 0 bridgehead atoms. The van der Waals surface area contributed by atoms with Crippen molar-refractivity contribution >= 4 is 17.8 Å². The zero-order valence-electron chi connectivity index (χ0n) is 9.73. The van der Waals surface area contributed by atoms with Gasteiger partial charge < -0.3 is 14.5 Å². The van der Waals surface area contributed by atoms with Gasteiger partial charge in [-0.1, -0.05) is 0 Å². The van der Waals surface area contributed by atoms with Crippen LogP contribution in [0.2, 0.25) is 0 Å². The molecule has 0 saturated carbocycles. The Morgan fingerprint density at radius 1 is 1.00 bits per heavy atom. The number of ether oxygens (including phenoxy) is 1. The predicted octanol–water partition coefficient (Wildman–Crippen LogP) is -0.414. The zero-order chi connectivity index (χ0) is 12.3. The largest absolute Gasteiger partial charge is 0.459 e. The van der Waals surface area contributed by atoms with E-state index in [1.165, 1.54) is 30.6 Å². The third kappa shape index (κ3) is 3.22. The van der Waals surface area contributed by atoms with E-state index in [9.17, 15) is 14.4 Å². The number of carbonyl (C=O) groups excluding carboxylic acids is 3. The van der Waals surface area contributed by atoms with Crippen LogP contribution in [0.5, 0.6) is 0 Å². The summed E-state index contributed by atoms with van der Waals surface area (Å²) in [4.78, 5) is 36.3. The van der Waals surface area contributed by atoms with E-state index in [1.54, 1.807) is 0 Å². The lowest BCUT2D eigenvalue weighted by Crippen LogP contribution is -2.55. The van der Waals surface area contributed by atoms with Crippen molar-refractivity contribution in [3.63, 3.8) is 0 Å². The zero-order valence-corrected chi connectivity index (χ0v) is 9.73. The van der Waals surface area contributed by atoms with Crippen molar-refractivity contribution in [1.29, 1.82) is 0 Å². The highest BCUT2D eigenvalue weighted by Gasteiger charge is 2.29. The summed E-state index contributed by atoms with van der Waals surface area (Å²) in [5.41, 5.74) is 0. The van der Waals surface area contributed by atoms with Gasteiger partial charge in [-0.25, -0.2) is 0 Å². The normalized spacial score (nSPS) is 17.2. The Labute approximate surface area is 94.1 Å². The van der Waals surface area contributed by atoms with Crippen LogP contribution in [0, 0.1) is 0 Å². The van der Waals surface area contributed by atoms with Crippen molar-refractivity contribution < 1.29 is 19.1 Å². The number of carbonyl (C=O) groups is 3. The van der Waals surface area contributed by atoms with Gasteiger partial charge in [0.15, 0.2) is 0 Å². The number of amides is 2. The highest BCUT2D eigenvalue weighted by molar-refractivity contribution is 5.76. The number of nitrogens with zero attached hydrogens (tertiary/aromatic N) is 2. The average molecular weight is 228 g/mol. The molecule has 6 heteroatoms. The predicted molar refractivity (Wildman–Crippen MR) is 55.2 cm³/mol. The van der Waals surface area contributed by atoms with E-state index in [0.29, 0.717) is 13.1 Å². The van der Waals surface area contributed by atoms with Crippen LogP contribution in [-0.2, 0) is 19.1 Å². The average Bonchev–Trinajstić information content (AvgIpc) is 2.15. The topological polar surface area (TPSA) is 66.9 Å². The molecule has 0 unspecified atom stereocenters. The Hall–Kier alpha value is -1.59. The lowest BCUT2D eigenvalue weighted by Gasteiger charge is -2.38. The Bertz CT molecular complexity index is 294. The molecule has 2 amide bonds. The molecule has 0 spiro atoms. The van der Waals surface area contributed by atoms with Gasteiger partial charge >= 0.3 is 5.97 Å². The molecule has 1 aliphatic rings. The molecule has 0 aromatic rings. The Morgan fingerprint density at radius 2 is 1.44 bits per heavy atom. The van der Waals surface area contributed by atoms with Crippen molar-refractivity contribution in [2.75, 3.05) is 19.8 Å². The standard InChI is InChI=1S/C10H16N2O4/c1-7(13)11-4-10(16-9(3)15)5-12(6-11)8(2)14/h10H,4-6H2,1-3H3. The summed E-state index contributed by atoms with van der Waals surface area (Å²) in [5.74, 6) is -0.676. The second kappa shape index (κ2) is 4.96. The van der Waals surface area contributed by atoms with Crippen LogP contribution < -0.4 is 0 Å². The van der Waals surface area contributed by atoms with E-state index >= 15 is 0 Å². The second-order valence-corrected chi connectivity index (χ2v) is 3.86. The summed E-state index contributed by atoms with van der Waals surface area (Å²) >= 11 is 0. The molecular formula is C10H16N2O4. The van der Waals surface area contributed by atoms with Crippen LogP contribution in [0.3, 0.4) is 0 Å². The molecule has 0 aliphatic carbocycles. The molecular weight excluding hydrogens is 212 g/mol. The maximum atomic E-state index is 11.2. The fourth-order valence-corrected chi connectivity index (χ4v) is 1.64. The molecule has 0 radical (unpaired) electrons. The summed E-state index contributed by atoms with van der Waals surface area (Å²) in [6.45, 7) is 5.12. The SMILES string of the molecule is CC(=O)OC1CN(C(C)=O)CN(C(C)=O)C1. The third-order valence-corrected chi connectivity index (χ3v) is 2.41. The fourth-order valence-electron chi connectivity index (χ4n) is 1.64. The molecule has 1 rings (SSSR count). The van der Waals surface area contributed by atoms with Crippen LogP contribution in [0.15, 0.2) is 0 Å². The van der Waals surface area contributed by atoms with Gasteiger partial charge in [0.25, 0.3) is 0 Å². The summed E-state index contributed by atoms with van der Waals surface area (Å²) in [5, 5.41) is 0. The first kappa shape index (κ1) is 12.5. The van der Waals surface area contributed by atoms with Gasteiger partial charge in [-0.15, -0.1) is 0 Å². The first-order valence-electron chi connectivity index (χ1n) is 5.08. The highest BCUT2D eigenvalue weighted by Crippen LogP contribution is 2.10. The Balaban J connectivity index is 2.69. The van der Waals surface area contributed by atoms with Crippen molar-refractivity contribution in [1.82, 2.24) is 9.80 Å². The maximum absolute atomic E-state index is 11.2. The van der Waals surface area contributed by atoms with Crippen molar-refractivity contribution in [2.45, 2.75) is 26.9 Å². The van der Waals surface area contributed by atoms with Gasteiger partial charge in [-0.3, -0.25) is 14.4 Å². The van der Waals surface area contributed by atoms with E-state index in [0.717, 1.165) is 0 Å². The second-order valence-electron chi connectivity index (χ2n) is 3.86. The van der Waals surface area contributed by atoms with Gasteiger partial charge in [0.2, 0.25) is 11.8 Å². The Kier molecular flexibility index (Phi) is 3.87. The van der Waals surface area contributed by atoms with E-state index < -0.39 is 12.1 Å². The van der Waals surface area contributed by atoms with Crippen molar-refractivity contribution in [2.24, 2.45) is 0 Å². The molecule has 1 heterocycles. The smallest absolute Gasteiger partial charge is 0.303 e. The minimum absolute atomic E-state index is 0.136. The monoisotopic (exact) mass is 228 g/mol. The quantitative estimate of drug-likeness (QED) is 0.572. The highest BCUT2D eigenvalue weighted by atomic mass is 16.5. The Morgan fingerprint density at radius 3 is 1.75 bits per heavy atom. The summed E-state index contributed by atoms with van der Waals surface area (Å²) in [6.07, 6.45) is -0.431. The molecule has 0 aromatic carbocycles. The molecule has 0 N–H and O–H groups in total. The first-order valence-corrected chi connectivity index (χ1v) is 5.08. The lowest BCUT2D eigenvalue weighted by molar-refractivity contribution is -0.160. The van der Waals surface area contributed by atoms with Crippen LogP contribution in [0.25, 0.3) is 0 Å². The maximum Gasteiger partial charge on any atom is 0.303 e. The molecule has 90 valence electrons. The lowest BCUT2D eigenvalue weighted by atomic mass is 10.2. The van der Waals surface area contributed by atoms with Crippen LogP contribution in [-0.4, -0.2) is 53.4 Å². The van der Waals surface area contributed by atoms with Crippen molar-refractivity contribution in [3.05, 3.63) is 0 Å². The molecule has 1 aliphatic heterocycles. The van der Waals surface area contributed by atoms with Crippen molar-refractivity contribution in [3.8, 4) is 0 Å². The summed E-state index contributed by atoms with van der Waals surface area (Å²) < 4.78 is 5.03. The molecule has 1 fully saturated rings. The van der Waals surface area contributed by atoms with Crippen LogP contribution in [0.4, 0.5) is 0 Å². The number of hydrogen-bond acceptors (Lipinski definition) is 4. The van der Waals surface area contributed by atoms with E-state index in [2.05, 4.69) is 0 Å². The van der Waals surface area contributed by atoms with E-state index in [-0.39, 0.29) is 18.5 Å².